The van der Waals surface area contributed by atoms with Crippen molar-refractivity contribution in [2.45, 2.75) is 43.9 Å². The third kappa shape index (κ3) is 6.62. The van der Waals surface area contributed by atoms with Crippen molar-refractivity contribution in [2.75, 3.05) is 6.61 Å². The van der Waals surface area contributed by atoms with Crippen LogP contribution in [0.4, 0.5) is 4.39 Å². The van der Waals surface area contributed by atoms with Crippen molar-refractivity contribution in [3.8, 4) is 0 Å². The Balaban J connectivity index is 1.55. The van der Waals surface area contributed by atoms with Crippen LogP contribution in [0.2, 0.25) is 0 Å². The van der Waals surface area contributed by atoms with Gasteiger partial charge in [0, 0.05) is 13.1 Å². The van der Waals surface area contributed by atoms with E-state index in [0.717, 1.165) is 12.8 Å². The summed E-state index contributed by atoms with van der Waals surface area (Å²) >= 11 is 0. The fraction of sp³-hybridized carbons (Fsp3) is 0.381. The van der Waals surface area contributed by atoms with Gasteiger partial charge in [-0.2, -0.15) is 0 Å². The van der Waals surface area contributed by atoms with Gasteiger partial charge in [0.2, 0.25) is 15.9 Å². The summed E-state index contributed by atoms with van der Waals surface area (Å²) in [5.74, 6) is -0.0788. The molecule has 8 heteroatoms. The number of sulfonamides is 1. The van der Waals surface area contributed by atoms with Gasteiger partial charge in [-0.15, -0.1) is 0 Å². The minimum atomic E-state index is -3.77. The average molecular weight is 421 g/mol. The van der Waals surface area contributed by atoms with E-state index in [1.165, 1.54) is 30.3 Å². The molecule has 1 saturated carbocycles. The first-order chi connectivity index (χ1) is 13.8. The molecule has 0 spiro atoms. The molecule has 2 aromatic carbocycles. The van der Waals surface area contributed by atoms with Gasteiger partial charge in [0.25, 0.3) is 0 Å². The maximum atomic E-state index is 13.2. The van der Waals surface area contributed by atoms with Gasteiger partial charge in [0.05, 0.1) is 11.5 Å². The van der Waals surface area contributed by atoms with E-state index in [-0.39, 0.29) is 23.9 Å². The molecule has 29 heavy (non-hydrogen) atoms. The molecule has 1 atom stereocenters. The summed E-state index contributed by atoms with van der Waals surface area (Å²) < 4.78 is 46.3. The van der Waals surface area contributed by atoms with E-state index in [9.17, 15) is 17.6 Å². The fourth-order valence-electron chi connectivity index (χ4n) is 2.70. The Kier molecular flexibility index (Phi) is 7.00. The van der Waals surface area contributed by atoms with Crippen LogP contribution in [0.1, 0.15) is 30.9 Å². The summed E-state index contributed by atoms with van der Waals surface area (Å²) in [7, 11) is -3.77. The van der Waals surface area contributed by atoms with Crippen LogP contribution in [0.15, 0.2) is 53.4 Å². The number of carbonyl (C=O) groups excluding carboxylic acids is 1. The zero-order chi connectivity index (χ0) is 20.9. The van der Waals surface area contributed by atoms with Gasteiger partial charge in [-0.05, 0) is 61.1 Å². The second-order valence-corrected chi connectivity index (χ2v) is 9.01. The van der Waals surface area contributed by atoms with Gasteiger partial charge in [0.1, 0.15) is 11.9 Å². The minimum Gasteiger partial charge on any atom is -0.368 e. The summed E-state index contributed by atoms with van der Waals surface area (Å²) in [5, 5.41) is 2.76. The summed E-state index contributed by atoms with van der Waals surface area (Å²) in [4.78, 5) is 12.2. The maximum absolute atomic E-state index is 13.2. The van der Waals surface area contributed by atoms with E-state index >= 15 is 0 Å². The van der Waals surface area contributed by atoms with Crippen molar-refractivity contribution in [3.63, 3.8) is 0 Å². The zero-order valence-corrected chi connectivity index (χ0v) is 17.0. The molecule has 156 valence electrons. The summed E-state index contributed by atoms with van der Waals surface area (Å²) in [6, 6.07) is 12.1. The van der Waals surface area contributed by atoms with Crippen molar-refractivity contribution >= 4 is 15.9 Å². The monoisotopic (exact) mass is 420 g/mol. The Bertz CT molecular complexity index is 961. The molecule has 1 aliphatic rings. The summed E-state index contributed by atoms with van der Waals surface area (Å²) in [6.45, 7) is 2.48. The number of halogens is 1. The van der Waals surface area contributed by atoms with Crippen LogP contribution in [0.25, 0.3) is 0 Å². The highest BCUT2D eigenvalue weighted by molar-refractivity contribution is 7.89. The second kappa shape index (κ2) is 9.47. The normalized spacial score (nSPS) is 15.1. The van der Waals surface area contributed by atoms with E-state index in [1.54, 1.807) is 25.1 Å². The lowest BCUT2D eigenvalue weighted by Gasteiger charge is -2.14. The molecule has 0 aliphatic heterocycles. The molecule has 2 aromatic rings. The van der Waals surface area contributed by atoms with Crippen LogP contribution < -0.4 is 10.0 Å². The molecule has 3 rings (SSSR count). The number of benzene rings is 2. The third-order valence-corrected chi connectivity index (χ3v) is 6.08. The molecule has 0 bridgehead atoms. The minimum absolute atomic E-state index is 0.0170. The molecule has 1 amide bonds. The molecule has 1 fully saturated rings. The molecular weight excluding hydrogens is 395 g/mol. The first-order valence-electron chi connectivity index (χ1n) is 9.56. The zero-order valence-electron chi connectivity index (χ0n) is 16.2. The lowest BCUT2D eigenvalue weighted by atomic mass is 10.2. The third-order valence-electron chi connectivity index (χ3n) is 4.68. The van der Waals surface area contributed by atoms with Crippen molar-refractivity contribution < 1.29 is 22.3 Å². The van der Waals surface area contributed by atoms with Crippen LogP contribution >= 0.6 is 0 Å². The molecule has 1 aliphatic carbocycles. The lowest BCUT2D eigenvalue weighted by Crippen LogP contribution is -2.34. The van der Waals surface area contributed by atoms with E-state index < -0.39 is 21.9 Å². The van der Waals surface area contributed by atoms with Crippen molar-refractivity contribution in [2.24, 2.45) is 5.92 Å². The molecule has 2 N–H and O–H groups in total. The quantitative estimate of drug-likeness (QED) is 0.619. The Morgan fingerprint density at radius 1 is 1.14 bits per heavy atom. The van der Waals surface area contributed by atoms with Gasteiger partial charge >= 0.3 is 0 Å². The number of amides is 1. The summed E-state index contributed by atoms with van der Waals surface area (Å²) in [6.07, 6.45) is 1.77. The largest absolute Gasteiger partial charge is 0.368 e. The number of hydrogen-bond acceptors (Lipinski definition) is 4. The van der Waals surface area contributed by atoms with E-state index in [0.29, 0.717) is 23.7 Å². The van der Waals surface area contributed by atoms with Crippen LogP contribution in [-0.2, 0) is 32.6 Å². The number of nitrogens with one attached hydrogen (secondary N) is 2. The number of ether oxygens (including phenoxy) is 1. The highest BCUT2D eigenvalue weighted by Crippen LogP contribution is 2.29. The van der Waals surface area contributed by atoms with Gasteiger partial charge in [-0.1, -0.05) is 24.3 Å². The highest BCUT2D eigenvalue weighted by atomic mass is 32.2. The van der Waals surface area contributed by atoms with Crippen LogP contribution in [0, 0.1) is 11.7 Å². The Morgan fingerprint density at radius 3 is 2.52 bits per heavy atom. The average Bonchev–Trinajstić information content (AvgIpc) is 3.53. The van der Waals surface area contributed by atoms with E-state index in [1.807, 2.05) is 0 Å². The molecule has 0 aromatic heterocycles. The van der Waals surface area contributed by atoms with Crippen LogP contribution in [0.5, 0.6) is 0 Å². The van der Waals surface area contributed by atoms with Crippen molar-refractivity contribution in [3.05, 3.63) is 65.5 Å². The molecule has 0 heterocycles. The van der Waals surface area contributed by atoms with Crippen molar-refractivity contribution in [1.82, 2.24) is 10.0 Å². The Hall–Kier alpha value is -2.29. The molecule has 0 radical (unpaired) electrons. The molecular formula is C21H25FN2O4S. The fourth-order valence-corrected chi connectivity index (χ4v) is 3.79. The highest BCUT2D eigenvalue weighted by Gasteiger charge is 2.24. The van der Waals surface area contributed by atoms with Crippen molar-refractivity contribution in [1.29, 1.82) is 0 Å². The number of carbonyl (C=O) groups is 1. The predicted octanol–water partition coefficient (Wildman–Crippen LogP) is 2.74. The van der Waals surface area contributed by atoms with Crippen LogP contribution in [0.3, 0.4) is 0 Å². The second-order valence-electron chi connectivity index (χ2n) is 7.24. The first kappa shape index (κ1) is 21.4. The van der Waals surface area contributed by atoms with Gasteiger partial charge in [-0.3, -0.25) is 4.79 Å². The Morgan fingerprint density at radius 2 is 1.83 bits per heavy atom. The van der Waals surface area contributed by atoms with Gasteiger partial charge in [-0.25, -0.2) is 17.5 Å². The number of rotatable bonds is 10. The Labute approximate surface area is 170 Å². The predicted molar refractivity (Wildman–Crippen MR) is 107 cm³/mol. The SMILES string of the molecule is CC(OCC1CC1)C(=O)NCc1cccc(S(=O)(=O)NCc2cccc(F)c2)c1. The van der Waals surface area contributed by atoms with Crippen LogP contribution in [-0.4, -0.2) is 27.0 Å². The lowest BCUT2D eigenvalue weighted by molar-refractivity contribution is -0.132. The van der Waals surface area contributed by atoms with E-state index in [2.05, 4.69) is 10.0 Å². The first-order valence-corrected chi connectivity index (χ1v) is 11.0. The molecule has 0 saturated heterocycles. The molecule has 6 nitrogen and oxygen atoms in total. The maximum Gasteiger partial charge on any atom is 0.249 e. The smallest absolute Gasteiger partial charge is 0.249 e. The van der Waals surface area contributed by atoms with Gasteiger partial charge in [0.15, 0.2) is 0 Å². The number of hydrogen-bond donors (Lipinski definition) is 2. The van der Waals surface area contributed by atoms with E-state index in [4.69, 9.17) is 4.74 Å². The van der Waals surface area contributed by atoms with Gasteiger partial charge < -0.3 is 10.1 Å². The molecule has 1 unspecified atom stereocenters. The standard InChI is InChI=1S/C21H25FN2O4S/c1-15(28-14-16-8-9-16)21(25)23-12-18-5-3-7-20(11-18)29(26,27)24-13-17-4-2-6-19(22)10-17/h2-7,10-11,15-16,24H,8-9,12-14H2,1H3,(H,23,25). The topological polar surface area (TPSA) is 84.5 Å². The summed E-state index contributed by atoms with van der Waals surface area (Å²) in [5.41, 5.74) is 1.18.